The fraction of sp³-hybridized carbons (Fsp3) is 0.438. The van der Waals surface area contributed by atoms with Crippen molar-refractivity contribution in [2.24, 2.45) is 0 Å². The van der Waals surface area contributed by atoms with E-state index < -0.39 is 0 Å². The molecule has 1 aromatic carbocycles. The number of nitrogens with zero attached hydrogens (tertiary/aromatic N) is 2. The van der Waals surface area contributed by atoms with Crippen LogP contribution in [-0.2, 0) is 0 Å². The molecule has 0 spiro atoms. The number of hydrogen-bond acceptors (Lipinski definition) is 3. The van der Waals surface area contributed by atoms with E-state index in [2.05, 4.69) is 9.88 Å². The van der Waals surface area contributed by atoms with Crippen LogP contribution in [0.4, 0.5) is 10.1 Å². The third kappa shape index (κ3) is 2.24. The summed E-state index contributed by atoms with van der Waals surface area (Å²) in [4.78, 5) is 6.53. The van der Waals surface area contributed by atoms with Crippen molar-refractivity contribution in [1.29, 1.82) is 0 Å². The maximum absolute atomic E-state index is 14.0. The third-order valence-electron chi connectivity index (χ3n) is 4.06. The van der Waals surface area contributed by atoms with Crippen LogP contribution in [0.2, 0.25) is 0 Å². The van der Waals surface area contributed by atoms with Crippen molar-refractivity contribution >= 4 is 16.6 Å². The van der Waals surface area contributed by atoms with E-state index in [1.54, 1.807) is 6.07 Å². The Kier molecular flexibility index (Phi) is 3.57. The van der Waals surface area contributed by atoms with E-state index in [9.17, 15) is 9.50 Å². The van der Waals surface area contributed by atoms with E-state index in [0.29, 0.717) is 18.1 Å². The first-order valence-corrected chi connectivity index (χ1v) is 7.14. The Morgan fingerprint density at radius 2 is 2.20 bits per heavy atom. The average Bonchev–Trinajstić information content (AvgIpc) is 2.36. The molecule has 0 atom stereocenters. The molecule has 0 bridgehead atoms. The summed E-state index contributed by atoms with van der Waals surface area (Å²) in [5, 5.41) is 10.2. The van der Waals surface area contributed by atoms with Crippen LogP contribution in [0, 0.1) is 12.7 Å². The van der Waals surface area contributed by atoms with E-state index in [1.165, 1.54) is 12.5 Å². The lowest BCUT2D eigenvalue weighted by atomic mass is 9.90. The Morgan fingerprint density at radius 3 is 2.85 bits per heavy atom. The van der Waals surface area contributed by atoms with E-state index in [-0.39, 0.29) is 12.4 Å². The van der Waals surface area contributed by atoms with Crippen LogP contribution in [0.25, 0.3) is 10.9 Å². The second-order valence-corrected chi connectivity index (χ2v) is 5.42. The van der Waals surface area contributed by atoms with Gasteiger partial charge in [-0.1, -0.05) is 12.1 Å². The highest BCUT2D eigenvalue weighted by Crippen LogP contribution is 2.34. The van der Waals surface area contributed by atoms with E-state index in [4.69, 9.17) is 0 Å². The van der Waals surface area contributed by atoms with Crippen molar-refractivity contribution in [2.75, 3.05) is 18.1 Å². The molecule has 1 aliphatic rings. The number of fused-ring (bicyclic) bond motifs is 1. The van der Waals surface area contributed by atoms with Gasteiger partial charge in [-0.25, -0.2) is 9.37 Å². The number of rotatable bonds is 4. The van der Waals surface area contributed by atoms with Gasteiger partial charge in [0.1, 0.15) is 11.3 Å². The number of aliphatic hydroxyl groups excluding tert-OH is 1. The summed E-state index contributed by atoms with van der Waals surface area (Å²) >= 11 is 0. The molecule has 0 amide bonds. The van der Waals surface area contributed by atoms with Gasteiger partial charge in [0, 0.05) is 29.4 Å². The molecule has 20 heavy (non-hydrogen) atoms. The molecular weight excluding hydrogens is 255 g/mol. The van der Waals surface area contributed by atoms with Crippen molar-refractivity contribution < 1.29 is 9.50 Å². The van der Waals surface area contributed by atoms with E-state index in [0.717, 1.165) is 29.6 Å². The quantitative estimate of drug-likeness (QED) is 0.931. The lowest BCUT2D eigenvalue weighted by molar-refractivity contribution is 0.284. The molecule has 0 aliphatic heterocycles. The largest absolute Gasteiger partial charge is 0.395 e. The van der Waals surface area contributed by atoms with Crippen molar-refractivity contribution in [2.45, 2.75) is 32.2 Å². The predicted octanol–water partition coefficient (Wildman–Crippen LogP) is 3.03. The second kappa shape index (κ2) is 5.37. The summed E-state index contributed by atoms with van der Waals surface area (Å²) in [6, 6.07) is 7.52. The first-order valence-electron chi connectivity index (χ1n) is 7.14. The molecule has 1 fully saturated rings. The van der Waals surface area contributed by atoms with Gasteiger partial charge in [0.25, 0.3) is 0 Å². The summed E-state index contributed by atoms with van der Waals surface area (Å²) in [5.41, 5.74) is 2.22. The van der Waals surface area contributed by atoms with Gasteiger partial charge in [0.15, 0.2) is 0 Å². The zero-order valence-electron chi connectivity index (χ0n) is 11.6. The molecule has 0 unspecified atom stereocenters. The predicted molar refractivity (Wildman–Crippen MR) is 78.5 cm³/mol. The molecule has 1 aromatic heterocycles. The van der Waals surface area contributed by atoms with Gasteiger partial charge in [-0.2, -0.15) is 0 Å². The molecule has 2 aromatic rings. The van der Waals surface area contributed by atoms with Gasteiger partial charge < -0.3 is 10.0 Å². The maximum Gasteiger partial charge on any atom is 0.149 e. The lowest BCUT2D eigenvalue weighted by Gasteiger charge is -2.39. The van der Waals surface area contributed by atoms with Crippen molar-refractivity contribution in [3.05, 3.63) is 35.8 Å². The van der Waals surface area contributed by atoms with Gasteiger partial charge in [-0.3, -0.25) is 0 Å². The number of hydrogen-bond donors (Lipinski definition) is 1. The molecule has 3 rings (SSSR count). The van der Waals surface area contributed by atoms with Crippen LogP contribution < -0.4 is 4.90 Å². The molecule has 1 heterocycles. The van der Waals surface area contributed by atoms with Crippen LogP contribution in [-0.4, -0.2) is 29.3 Å². The molecule has 1 saturated carbocycles. The topological polar surface area (TPSA) is 36.4 Å². The highest BCUT2D eigenvalue weighted by Gasteiger charge is 2.26. The highest BCUT2D eigenvalue weighted by molar-refractivity contribution is 5.92. The molecular formula is C16H19FN2O. The number of pyridine rings is 1. The Labute approximate surface area is 118 Å². The van der Waals surface area contributed by atoms with Crippen molar-refractivity contribution in [3.63, 3.8) is 0 Å². The number of aryl methyl sites for hydroxylation is 1. The van der Waals surface area contributed by atoms with Crippen LogP contribution >= 0.6 is 0 Å². The lowest BCUT2D eigenvalue weighted by Crippen LogP contribution is -2.42. The number of aromatic nitrogens is 1. The van der Waals surface area contributed by atoms with Gasteiger partial charge >= 0.3 is 0 Å². The monoisotopic (exact) mass is 274 g/mol. The zero-order chi connectivity index (χ0) is 14.1. The molecule has 1 N–H and O–H groups in total. The van der Waals surface area contributed by atoms with Crippen LogP contribution in [0.5, 0.6) is 0 Å². The van der Waals surface area contributed by atoms with E-state index >= 15 is 0 Å². The minimum absolute atomic E-state index is 0.106. The van der Waals surface area contributed by atoms with E-state index in [1.807, 2.05) is 19.1 Å². The standard InChI is InChI=1S/C16H19FN2O/c1-11-10-15(19(8-9-20)12-4-2-5-12)13-6-3-7-14(17)16(13)18-11/h3,6-7,10,12,20H,2,4-5,8-9H2,1H3. The van der Waals surface area contributed by atoms with Gasteiger partial charge in [-0.05, 0) is 38.3 Å². The summed E-state index contributed by atoms with van der Waals surface area (Å²) in [7, 11) is 0. The Balaban J connectivity index is 2.15. The maximum atomic E-state index is 14.0. The molecule has 0 radical (unpaired) electrons. The molecule has 0 saturated heterocycles. The first-order chi connectivity index (χ1) is 9.70. The third-order valence-corrected chi connectivity index (χ3v) is 4.06. The fourth-order valence-electron chi connectivity index (χ4n) is 2.86. The van der Waals surface area contributed by atoms with Crippen LogP contribution in [0.3, 0.4) is 0 Å². The van der Waals surface area contributed by atoms with Gasteiger partial charge in [0.2, 0.25) is 0 Å². The molecule has 106 valence electrons. The fourth-order valence-corrected chi connectivity index (χ4v) is 2.86. The normalized spacial score (nSPS) is 15.3. The number of aliphatic hydroxyl groups is 1. The van der Waals surface area contributed by atoms with Crippen molar-refractivity contribution in [3.8, 4) is 0 Å². The van der Waals surface area contributed by atoms with Crippen LogP contribution in [0.15, 0.2) is 24.3 Å². The average molecular weight is 274 g/mol. The smallest absolute Gasteiger partial charge is 0.149 e. The molecule has 4 heteroatoms. The minimum atomic E-state index is -0.287. The van der Waals surface area contributed by atoms with Crippen LogP contribution in [0.1, 0.15) is 25.0 Å². The van der Waals surface area contributed by atoms with Gasteiger partial charge in [-0.15, -0.1) is 0 Å². The Hall–Kier alpha value is -1.68. The molecule has 1 aliphatic carbocycles. The summed E-state index contributed by atoms with van der Waals surface area (Å²) in [6.07, 6.45) is 3.50. The van der Waals surface area contributed by atoms with Crippen molar-refractivity contribution in [1.82, 2.24) is 4.98 Å². The zero-order valence-corrected chi connectivity index (χ0v) is 11.6. The SMILES string of the molecule is Cc1cc(N(CCO)C2CCC2)c2cccc(F)c2n1. The van der Waals surface area contributed by atoms with Gasteiger partial charge in [0.05, 0.1) is 6.61 Å². The first kappa shape index (κ1) is 13.3. The Bertz CT molecular complexity index is 625. The summed E-state index contributed by atoms with van der Waals surface area (Å²) in [6.45, 7) is 2.57. The second-order valence-electron chi connectivity index (χ2n) is 5.42. The summed E-state index contributed by atoms with van der Waals surface area (Å²) < 4.78 is 14.0. The number of halogens is 1. The number of benzene rings is 1. The Morgan fingerprint density at radius 1 is 1.40 bits per heavy atom. The number of para-hydroxylation sites is 1. The minimum Gasteiger partial charge on any atom is -0.395 e. The molecule has 3 nitrogen and oxygen atoms in total. The highest BCUT2D eigenvalue weighted by atomic mass is 19.1. The number of anilines is 1. The summed E-state index contributed by atoms with van der Waals surface area (Å²) in [5.74, 6) is -0.287.